The van der Waals surface area contributed by atoms with Crippen molar-refractivity contribution >= 4 is 15.7 Å². The fourth-order valence-electron chi connectivity index (χ4n) is 0.663. The minimum Gasteiger partial charge on any atom is -0.314 e. The van der Waals surface area contributed by atoms with Crippen molar-refractivity contribution in [3.63, 3.8) is 0 Å². The Balaban J connectivity index is 0.000000292. The summed E-state index contributed by atoms with van der Waals surface area (Å²) in [7, 11) is -1.35. The van der Waals surface area contributed by atoms with Crippen LogP contribution >= 0.6 is 0 Å². The van der Waals surface area contributed by atoms with Crippen molar-refractivity contribution in [1.29, 1.82) is 0 Å². The Bertz CT molecular complexity index is 340. The fourth-order valence-corrected chi connectivity index (χ4v) is 0.663. The maximum atomic E-state index is 9.41. The molecule has 14 heavy (non-hydrogen) atoms. The number of benzene rings is 1. The maximum absolute atomic E-state index is 9.41. The lowest BCUT2D eigenvalue weighted by Crippen LogP contribution is -2.24. The molecular weight excluding hydrogens is 202 g/mol. The molecule has 0 spiro atoms. The van der Waals surface area contributed by atoms with E-state index in [2.05, 4.69) is 5.14 Å². The van der Waals surface area contributed by atoms with E-state index in [0.717, 1.165) is 11.9 Å². The molecule has 0 radical (unpaired) electrons. The first-order valence-electron chi connectivity index (χ1n) is 3.82. The molecule has 0 unspecified atom stereocenters. The van der Waals surface area contributed by atoms with E-state index in [1.807, 2.05) is 37.4 Å². The van der Waals surface area contributed by atoms with E-state index in [1.165, 1.54) is 0 Å². The standard InChI is InChI=1S/C7H10N2.CH5NO2S/c1-9(8)7-5-3-2-4-6-7;1-5(2,3)4/h2-6H,8H2,1H3;1H3,(H2,2,3,4). The minimum atomic E-state index is -3.17. The highest BCUT2D eigenvalue weighted by molar-refractivity contribution is 7.88. The molecule has 0 heterocycles. The molecule has 0 aliphatic carbocycles. The fraction of sp³-hybridized carbons (Fsp3) is 0.250. The minimum absolute atomic E-state index is 0.938. The number of anilines is 1. The van der Waals surface area contributed by atoms with Gasteiger partial charge in [0.15, 0.2) is 0 Å². The second-order valence-corrected chi connectivity index (χ2v) is 4.44. The van der Waals surface area contributed by atoms with E-state index in [1.54, 1.807) is 5.01 Å². The van der Waals surface area contributed by atoms with Crippen LogP contribution in [-0.4, -0.2) is 21.7 Å². The summed E-state index contributed by atoms with van der Waals surface area (Å²) in [6.45, 7) is 0. The first kappa shape index (κ1) is 12.9. The van der Waals surface area contributed by atoms with Gasteiger partial charge in [0.2, 0.25) is 10.0 Å². The summed E-state index contributed by atoms with van der Waals surface area (Å²) in [4.78, 5) is 0. The zero-order chi connectivity index (χ0) is 11.2. The summed E-state index contributed by atoms with van der Waals surface area (Å²) < 4.78 is 18.8. The van der Waals surface area contributed by atoms with Gasteiger partial charge in [-0.1, -0.05) is 18.2 Å². The van der Waals surface area contributed by atoms with Gasteiger partial charge in [-0.15, -0.1) is 0 Å². The molecule has 0 atom stereocenters. The number of sulfonamides is 1. The van der Waals surface area contributed by atoms with Crippen molar-refractivity contribution in [1.82, 2.24) is 0 Å². The highest BCUT2D eigenvalue weighted by Crippen LogP contribution is 2.05. The molecule has 80 valence electrons. The first-order valence-corrected chi connectivity index (χ1v) is 5.77. The summed E-state index contributed by atoms with van der Waals surface area (Å²) in [5, 5.41) is 5.91. The lowest BCUT2D eigenvalue weighted by atomic mass is 10.3. The number of nitrogens with zero attached hydrogens (tertiary/aromatic N) is 1. The lowest BCUT2D eigenvalue weighted by Gasteiger charge is -2.09. The number of hydrazine groups is 1. The molecule has 0 saturated carbocycles. The Labute approximate surface area is 84.3 Å². The molecule has 0 aliphatic rings. The number of rotatable bonds is 1. The Kier molecular flexibility index (Phi) is 5.14. The second kappa shape index (κ2) is 5.58. The van der Waals surface area contributed by atoms with Crippen molar-refractivity contribution < 1.29 is 8.42 Å². The number of para-hydroxylation sites is 1. The van der Waals surface area contributed by atoms with Gasteiger partial charge in [-0.3, -0.25) is 0 Å². The van der Waals surface area contributed by atoms with Crippen LogP contribution in [0.1, 0.15) is 0 Å². The van der Waals surface area contributed by atoms with E-state index in [-0.39, 0.29) is 0 Å². The molecule has 0 saturated heterocycles. The van der Waals surface area contributed by atoms with Gasteiger partial charge in [-0.2, -0.15) is 0 Å². The van der Waals surface area contributed by atoms with Crippen LogP contribution in [0.3, 0.4) is 0 Å². The molecular formula is C8H15N3O2S. The van der Waals surface area contributed by atoms with Crippen LogP contribution < -0.4 is 16.0 Å². The number of nitrogens with two attached hydrogens (primary N) is 2. The zero-order valence-corrected chi connectivity index (χ0v) is 9.03. The van der Waals surface area contributed by atoms with Gasteiger partial charge in [0.25, 0.3) is 0 Å². The van der Waals surface area contributed by atoms with Crippen LogP contribution in [0.4, 0.5) is 5.69 Å². The molecule has 5 nitrogen and oxygen atoms in total. The van der Waals surface area contributed by atoms with Gasteiger partial charge in [0, 0.05) is 7.05 Å². The highest BCUT2D eigenvalue weighted by atomic mass is 32.2. The first-order chi connectivity index (χ1) is 6.30. The summed E-state index contributed by atoms with van der Waals surface area (Å²) in [6, 6.07) is 9.80. The van der Waals surface area contributed by atoms with Gasteiger partial charge in [0.05, 0.1) is 11.9 Å². The van der Waals surface area contributed by atoms with Crippen molar-refractivity contribution in [2.75, 3.05) is 18.3 Å². The third kappa shape index (κ3) is 8.98. The van der Waals surface area contributed by atoms with E-state index >= 15 is 0 Å². The Hall–Kier alpha value is -1.11. The van der Waals surface area contributed by atoms with E-state index in [0.29, 0.717) is 0 Å². The average molecular weight is 217 g/mol. The van der Waals surface area contributed by atoms with Crippen LogP contribution in [0.15, 0.2) is 30.3 Å². The topological polar surface area (TPSA) is 89.4 Å². The SMILES string of the molecule is CN(N)c1ccccc1.CS(N)(=O)=O. The number of hydrogen-bond acceptors (Lipinski definition) is 4. The normalized spacial score (nSPS) is 10.0. The van der Waals surface area contributed by atoms with Gasteiger partial charge in [-0.25, -0.2) is 19.4 Å². The molecule has 0 amide bonds. The van der Waals surface area contributed by atoms with Gasteiger partial charge in [0.1, 0.15) is 0 Å². The molecule has 1 aromatic rings. The Morgan fingerprint density at radius 2 is 1.57 bits per heavy atom. The summed E-state index contributed by atoms with van der Waals surface area (Å²) >= 11 is 0. The molecule has 0 fully saturated rings. The van der Waals surface area contributed by atoms with Crippen LogP contribution in [0.2, 0.25) is 0 Å². The van der Waals surface area contributed by atoms with Gasteiger partial charge >= 0.3 is 0 Å². The largest absolute Gasteiger partial charge is 0.314 e. The zero-order valence-electron chi connectivity index (χ0n) is 8.21. The molecule has 0 aromatic heterocycles. The Morgan fingerprint density at radius 3 is 1.79 bits per heavy atom. The van der Waals surface area contributed by atoms with E-state index in [9.17, 15) is 8.42 Å². The summed E-state index contributed by atoms with van der Waals surface area (Å²) in [6.07, 6.45) is 0.938. The molecule has 4 N–H and O–H groups in total. The monoisotopic (exact) mass is 217 g/mol. The molecule has 1 aromatic carbocycles. The van der Waals surface area contributed by atoms with Crippen molar-refractivity contribution in [2.45, 2.75) is 0 Å². The van der Waals surface area contributed by atoms with Crippen molar-refractivity contribution in [3.05, 3.63) is 30.3 Å². The summed E-state index contributed by atoms with van der Waals surface area (Å²) in [5.74, 6) is 5.45. The third-order valence-electron chi connectivity index (χ3n) is 1.16. The maximum Gasteiger partial charge on any atom is 0.206 e. The van der Waals surface area contributed by atoms with Crippen LogP contribution in [0.5, 0.6) is 0 Å². The smallest absolute Gasteiger partial charge is 0.206 e. The van der Waals surface area contributed by atoms with Crippen LogP contribution in [0.25, 0.3) is 0 Å². The van der Waals surface area contributed by atoms with E-state index < -0.39 is 10.0 Å². The van der Waals surface area contributed by atoms with Crippen molar-refractivity contribution in [3.8, 4) is 0 Å². The molecule has 0 bridgehead atoms. The average Bonchev–Trinajstić information content (AvgIpc) is 2.03. The predicted molar refractivity (Wildman–Crippen MR) is 58.1 cm³/mol. The predicted octanol–water partition coefficient (Wildman–Crippen LogP) is -0.0988. The number of hydrogen-bond donors (Lipinski definition) is 2. The van der Waals surface area contributed by atoms with Crippen molar-refractivity contribution in [2.24, 2.45) is 11.0 Å². The van der Waals surface area contributed by atoms with Crippen LogP contribution in [0, 0.1) is 0 Å². The quantitative estimate of drug-likeness (QED) is 0.508. The van der Waals surface area contributed by atoms with E-state index in [4.69, 9.17) is 5.84 Å². The number of primary sulfonamides is 1. The Morgan fingerprint density at radius 1 is 1.21 bits per heavy atom. The van der Waals surface area contributed by atoms with Gasteiger partial charge in [-0.05, 0) is 12.1 Å². The second-order valence-electron chi connectivity index (χ2n) is 2.78. The molecule has 6 heteroatoms. The summed E-state index contributed by atoms with van der Waals surface area (Å²) in [5.41, 5.74) is 1.03. The molecule has 0 aliphatic heterocycles. The van der Waals surface area contributed by atoms with Crippen LogP contribution in [-0.2, 0) is 10.0 Å². The third-order valence-corrected chi connectivity index (χ3v) is 1.16. The van der Waals surface area contributed by atoms with Gasteiger partial charge < -0.3 is 5.01 Å². The highest BCUT2D eigenvalue weighted by Gasteiger charge is 1.88. The molecule has 1 rings (SSSR count). The lowest BCUT2D eigenvalue weighted by molar-refractivity contribution is 0.603.